The second kappa shape index (κ2) is 10.8. The van der Waals surface area contributed by atoms with Crippen LogP contribution < -0.4 is 10.6 Å². The molecule has 2 aromatic carbocycles. The highest BCUT2D eigenvalue weighted by molar-refractivity contribution is 6.29. The van der Waals surface area contributed by atoms with Gasteiger partial charge in [-0.15, -0.1) is 0 Å². The highest BCUT2D eigenvalue weighted by Gasteiger charge is 2.15. The molecule has 176 valence electrons. The van der Waals surface area contributed by atoms with Crippen LogP contribution in [0.5, 0.6) is 0 Å². The van der Waals surface area contributed by atoms with Gasteiger partial charge in [0.25, 0.3) is 11.8 Å². The van der Waals surface area contributed by atoms with Crippen molar-refractivity contribution >= 4 is 34.8 Å². The fraction of sp³-hybridized carbons (Fsp3) is 0.269. The van der Waals surface area contributed by atoms with Crippen molar-refractivity contribution in [3.05, 3.63) is 88.2 Å². The zero-order valence-corrected chi connectivity index (χ0v) is 20.1. The molecule has 1 aromatic heterocycles. The molecule has 4 rings (SSSR count). The number of nitrogens with zero attached hydrogens (tertiary/aromatic N) is 3. The quantitative estimate of drug-likeness (QED) is 0.518. The highest BCUT2D eigenvalue weighted by Crippen LogP contribution is 2.22. The number of halogens is 1. The van der Waals surface area contributed by atoms with Crippen molar-refractivity contribution in [3.63, 3.8) is 0 Å². The highest BCUT2D eigenvalue weighted by atomic mass is 35.5. The van der Waals surface area contributed by atoms with Gasteiger partial charge in [0.15, 0.2) is 0 Å². The summed E-state index contributed by atoms with van der Waals surface area (Å²) in [5, 5.41) is 6.03. The topological polar surface area (TPSA) is 77.6 Å². The molecule has 1 saturated heterocycles. The molecule has 34 heavy (non-hydrogen) atoms. The molecule has 0 unspecified atom stereocenters. The first-order chi connectivity index (χ1) is 16.4. The zero-order valence-electron chi connectivity index (χ0n) is 19.3. The Bertz CT molecular complexity index is 1190. The lowest BCUT2D eigenvalue weighted by Crippen LogP contribution is -2.43. The van der Waals surface area contributed by atoms with E-state index in [-0.39, 0.29) is 22.7 Å². The third-order valence-corrected chi connectivity index (χ3v) is 6.09. The summed E-state index contributed by atoms with van der Waals surface area (Å²) in [4.78, 5) is 34.3. The molecule has 2 amide bonds. The smallest absolute Gasteiger partial charge is 0.274 e. The summed E-state index contributed by atoms with van der Waals surface area (Å²) in [5.74, 6) is -0.566. The summed E-state index contributed by atoms with van der Waals surface area (Å²) in [7, 11) is 2.14. The van der Waals surface area contributed by atoms with Crippen LogP contribution in [-0.2, 0) is 6.54 Å². The summed E-state index contributed by atoms with van der Waals surface area (Å²) in [6.07, 6.45) is 0. The maximum Gasteiger partial charge on any atom is 0.274 e. The molecule has 1 fully saturated rings. The largest absolute Gasteiger partial charge is 0.322 e. The van der Waals surface area contributed by atoms with Crippen LogP contribution in [0.3, 0.4) is 0 Å². The van der Waals surface area contributed by atoms with E-state index in [4.69, 9.17) is 11.6 Å². The average molecular weight is 478 g/mol. The van der Waals surface area contributed by atoms with E-state index in [0.717, 1.165) is 43.9 Å². The lowest BCUT2D eigenvalue weighted by Gasteiger charge is -2.32. The number of hydrogen-bond donors (Lipinski definition) is 2. The molecule has 0 bridgehead atoms. The average Bonchev–Trinajstić information content (AvgIpc) is 2.83. The fourth-order valence-electron chi connectivity index (χ4n) is 3.83. The number of likely N-dealkylation sites (N-methyl/N-ethyl adjacent to an activating group) is 1. The second-order valence-electron chi connectivity index (χ2n) is 8.56. The van der Waals surface area contributed by atoms with E-state index in [1.165, 1.54) is 0 Å². The molecule has 8 heteroatoms. The van der Waals surface area contributed by atoms with Crippen molar-refractivity contribution in [2.75, 3.05) is 43.9 Å². The standard InChI is InChI=1S/C26H28ClN5O2/c1-18-9-10-21(28-26(34)22-7-4-8-24(27)29-22)16-23(18)30-25(33)20-6-3-5-19(15-20)17-32-13-11-31(2)12-14-32/h3-10,15-16H,11-14,17H2,1-2H3,(H,28,34)(H,30,33). The predicted octanol–water partition coefficient (Wildman–Crippen LogP) is 4.30. The van der Waals surface area contributed by atoms with Gasteiger partial charge in [0, 0.05) is 49.7 Å². The van der Waals surface area contributed by atoms with E-state index in [1.807, 2.05) is 31.2 Å². The minimum absolute atomic E-state index is 0.191. The number of aryl methyl sites for hydroxylation is 1. The third kappa shape index (κ3) is 6.20. The minimum Gasteiger partial charge on any atom is -0.322 e. The Morgan fingerprint density at radius 2 is 1.71 bits per heavy atom. The van der Waals surface area contributed by atoms with Gasteiger partial charge in [-0.3, -0.25) is 14.5 Å². The van der Waals surface area contributed by atoms with Crippen molar-refractivity contribution in [1.82, 2.24) is 14.8 Å². The lowest BCUT2D eigenvalue weighted by atomic mass is 10.1. The number of nitrogens with one attached hydrogen (secondary N) is 2. The van der Waals surface area contributed by atoms with Gasteiger partial charge >= 0.3 is 0 Å². The molecule has 7 nitrogen and oxygen atoms in total. The van der Waals surface area contributed by atoms with Crippen LogP contribution in [0.2, 0.25) is 5.15 Å². The van der Waals surface area contributed by atoms with Gasteiger partial charge < -0.3 is 15.5 Å². The monoisotopic (exact) mass is 477 g/mol. The number of rotatable bonds is 6. The van der Waals surface area contributed by atoms with Gasteiger partial charge in [-0.1, -0.05) is 35.9 Å². The molecular formula is C26H28ClN5O2. The summed E-state index contributed by atoms with van der Waals surface area (Å²) in [5.41, 5.74) is 4.01. The number of benzene rings is 2. The van der Waals surface area contributed by atoms with Crippen molar-refractivity contribution < 1.29 is 9.59 Å². The first-order valence-electron chi connectivity index (χ1n) is 11.2. The van der Waals surface area contributed by atoms with Crippen LogP contribution in [0.15, 0.2) is 60.7 Å². The number of hydrogen-bond acceptors (Lipinski definition) is 5. The van der Waals surface area contributed by atoms with Gasteiger partial charge in [-0.2, -0.15) is 0 Å². The van der Waals surface area contributed by atoms with Gasteiger partial charge in [-0.05, 0) is 61.5 Å². The Hall–Kier alpha value is -3.26. The summed E-state index contributed by atoms with van der Waals surface area (Å²) in [6.45, 7) is 6.89. The Morgan fingerprint density at radius 1 is 0.941 bits per heavy atom. The van der Waals surface area contributed by atoms with Crippen molar-refractivity contribution in [2.45, 2.75) is 13.5 Å². The minimum atomic E-state index is -0.375. The molecule has 2 N–H and O–H groups in total. The number of piperazine rings is 1. The lowest BCUT2D eigenvalue weighted by molar-refractivity contribution is 0.101. The second-order valence-corrected chi connectivity index (χ2v) is 8.95. The van der Waals surface area contributed by atoms with Crippen molar-refractivity contribution in [2.24, 2.45) is 0 Å². The van der Waals surface area contributed by atoms with E-state index in [0.29, 0.717) is 16.9 Å². The van der Waals surface area contributed by atoms with Gasteiger partial charge in [-0.25, -0.2) is 4.98 Å². The van der Waals surface area contributed by atoms with Gasteiger partial charge in [0.05, 0.1) is 0 Å². The van der Waals surface area contributed by atoms with Crippen LogP contribution in [-0.4, -0.2) is 59.8 Å². The Morgan fingerprint density at radius 3 is 2.47 bits per heavy atom. The van der Waals surface area contributed by atoms with E-state index in [1.54, 1.807) is 30.3 Å². The number of aromatic nitrogens is 1. The van der Waals surface area contributed by atoms with Crippen LogP contribution in [0.1, 0.15) is 32.0 Å². The van der Waals surface area contributed by atoms with Crippen LogP contribution >= 0.6 is 11.6 Å². The summed E-state index contributed by atoms with van der Waals surface area (Å²) < 4.78 is 0. The number of carbonyl (C=O) groups excluding carboxylic acids is 2. The molecule has 0 spiro atoms. The van der Waals surface area contributed by atoms with Gasteiger partial charge in [0.2, 0.25) is 0 Å². The van der Waals surface area contributed by atoms with Crippen LogP contribution in [0.25, 0.3) is 0 Å². The molecule has 0 atom stereocenters. The van der Waals surface area contributed by atoms with E-state index >= 15 is 0 Å². The van der Waals surface area contributed by atoms with Gasteiger partial charge in [0.1, 0.15) is 10.8 Å². The van der Waals surface area contributed by atoms with Crippen molar-refractivity contribution in [3.8, 4) is 0 Å². The first kappa shape index (κ1) is 23.9. The number of pyridine rings is 1. The molecule has 0 saturated carbocycles. The molecule has 0 aliphatic carbocycles. The van der Waals surface area contributed by atoms with E-state index < -0.39 is 0 Å². The number of carbonyl (C=O) groups is 2. The summed E-state index contributed by atoms with van der Waals surface area (Å²) in [6, 6.07) is 18.0. The van der Waals surface area contributed by atoms with E-state index in [9.17, 15) is 9.59 Å². The van der Waals surface area contributed by atoms with Crippen molar-refractivity contribution in [1.29, 1.82) is 0 Å². The molecule has 1 aliphatic heterocycles. The fourth-order valence-corrected chi connectivity index (χ4v) is 4.00. The molecule has 1 aliphatic rings. The predicted molar refractivity (Wildman–Crippen MR) is 136 cm³/mol. The van der Waals surface area contributed by atoms with Crippen LogP contribution in [0.4, 0.5) is 11.4 Å². The molecule has 0 radical (unpaired) electrons. The summed E-state index contributed by atoms with van der Waals surface area (Å²) >= 11 is 5.88. The maximum atomic E-state index is 13.0. The third-order valence-electron chi connectivity index (χ3n) is 5.88. The number of anilines is 2. The molecular weight excluding hydrogens is 450 g/mol. The SMILES string of the molecule is Cc1ccc(NC(=O)c2cccc(Cl)n2)cc1NC(=O)c1cccc(CN2CCN(C)CC2)c1. The Labute approximate surface area is 204 Å². The number of amides is 2. The molecule has 3 aromatic rings. The van der Waals surface area contributed by atoms with E-state index in [2.05, 4.69) is 38.5 Å². The Balaban J connectivity index is 1.43. The zero-order chi connectivity index (χ0) is 24.1. The van der Waals surface area contributed by atoms with Crippen LogP contribution in [0, 0.1) is 6.92 Å². The molecule has 2 heterocycles. The Kier molecular flexibility index (Phi) is 7.57. The normalized spacial score (nSPS) is 14.6. The first-order valence-corrected chi connectivity index (χ1v) is 11.6. The maximum absolute atomic E-state index is 13.0.